The highest BCUT2D eigenvalue weighted by molar-refractivity contribution is 5.97. The van der Waals surface area contributed by atoms with E-state index in [1.54, 1.807) is 4.90 Å². The van der Waals surface area contributed by atoms with E-state index in [-0.39, 0.29) is 31.7 Å². The molecule has 42 heavy (non-hydrogen) atoms. The number of nitrogens with zero attached hydrogens (tertiary/aromatic N) is 5. The summed E-state index contributed by atoms with van der Waals surface area (Å²) in [5.74, 6) is 1.87. The fourth-order valence-electron chi connectivity index (χ4n) is 5.36. The molecule has 0 atom stereocenters. The monoisotopic (exact) mass is 563 g/mol. The number of amides is 2. The van der Waals surface area contributed by atoms with E-state index in [2.05, 4.69) is 15.1 Å². The minimum absolute atomic E-state index is 0.0206. The van der Waals surface area contributed by atoms with Gasteiger partial charge in [0.25, 0.3) is 5.91 Å². The molecule has 6 rings (SSSR count). The van der Waals surface area contributed by atoms with Crippen molar-refractivity contribution in [3.63, 3.8) is 0 Å². The molecule has 4 aromatic rings. The van der Waals surface area contributed by atoms with E-state index in [0.717, 1.165) is 41.2 Å². The third-order valence-corrected chi connectivity index (χ3v) is 7.69. The molecule has 9 nitrogen and oxygen atoms in total. The van der Waals surface area contributed by atoms with E-state index in [0.29, 0.717) is 36.7 Å². The number of carbonyl (C=O) groups excluding carboxylic acids is 2. The summed E-state index contributed by atoms with van der Waals surface area (Å²) >= 11 is 0. The average molecular weight is 564 g/mol. The molecule has 1 fully saturated rings. The summed E-state index contributed by atoms with van der Waals surface area (Å²) < 4.78 is 11.0. The second kappa shape index (κ2) is 12.3. The molecule has 0 bridgehead atoms. The Morgan fingerprint density at radius 3 is 2.45 bits per heavy atom. The van der Waals surface area contributed by atoms with Gasteiger partial charge in [-0.05, 0) is 54.8 Å². The molecule has 1 saturated heterocycles. The molecule has 0 unspecified atom stereocenters. The van der Waals surface area contributed by atoms with Gasteiger partial charge in [0.1, 0.15) is 6.54 Å². The minimum atomic E-state index is -0.177. The molecule has 3 heterocycles. The Labute approximate surface area is 245 Å². The van der Waals surface area contributed by atoms with Gasteiger partial charge in [-0.25, -0.2) is 0 Å². The van der Waals surface area contributed by atoms with E-state index < -0.39 is 0 Å². The Morgan fingerprint density at radius 1 is 0.833 bits per heavy atom. The van der Waals surface area contributed by atoms with Crippen molar-refractivity contribution >= 4 is 17.6 Å². The first-order chi connectivity index (χ1) is 20.5. The average Bonchev–Trinajstić information content (AvgIpc) is 3.35. The van der Waals surface area contributed by atoms with Crippen molar-refractivity contribution in [2.75, 3.05) is 44.4 Å². The third-order valence-electron chi connectivity index (χ3n) is 7.69. The molecular weight excluding hydrogens is 530 g/mol. The Morgan fingerprint density at radius 2 is 1.64 bits per heavy atom. The number of anilines is 1. The normalized spacial score (nSPS) is 14.4. The van der Waals surface area contributed by atoms with Crippen LogP contribution in [0.2, 0.25) is 0 Å². The second-order valence-electron chi connectivity index (χ2n) is 10.5. The van der Waals surface area contributed by atoms with Gasteiger partial charge >= 0.3 is 0 Å². The molecular formula is C33H33N5O4. The first-order valence-corrected chi connectivity index (χ1v) is 14.2. The van der Waals surface area contributed by atoms with Crippen molar-refractivity contribution < 1.29 is 19.1 Å². The highest BCUT2D eigenvalue weighted by atomic mass is 16.7. The zero-order chi connectivity index (χ0) is 28.9. The Hall–Kier alpha value is -4.92. The molecule has 0 saturated carbocycles. The molecule has 0 N–H and O–H groups in total. The van der Waals surface area contributed by atoms with Crippen LogP contribution < -0.4 is 14.4 Å². The summed E-state index contributed by atoms with van der Waals surface area (Å²) in [6.45, 7) is 4.90. The van der Waals surface area contributed by atoms with Crippen molar-refractivity contribution in [1.82, 2.24) is 20.0 Å². The van der Waals surface area contributed by atoms with Crippen LogP contribution in [0.5, 0.6) is 11.5 Å². The number of rotatable bonds is 7. The maximum Gasteiger partial charge on any atom is 0.254 e. The lowest BCUT2D eigenvalue weighted by atomic mass is 10.1. The van der Waals surface area contributed by atoms with Gasteiger partial charge in [-0.2, -0.15) is 0 Å². The summed E-state index contributed by atoms with van der Waals surface area (Å²) in [6, 6.07) is 27.0. The second-order valence-corrected chi connectivity index (χ2v) is 10.5. The molecule has 2 aliphatic rings. The summed E-state index contributed by atoms with van der Waals surface area (Å²) in [6.07, 6.45) is 0.793. The zero-order valence-corrected chi connectivity index (χ0v) is 23.6. The largest absolute Gasteiger partial charge is 0.454 e. The molecule has 2 aliphatic heterocycles. The van der Waals surface area contributed by atoms with E-state index >= 15 is 0 Å². The van der Waals surface area contributed by atoms with Crippen LogP contribution in [0.4, 0.5) is 5.82 Å². The lowest BCUT2D eigenvalue weighted by molar-refractivity contribution is -0.131. The van der Waals surface area contributed by atoms with Crippen LogP contribution in [0.15, 0.2) is 84.9 Å². The highest BCUT2D eigenvalue weighted by Crippen LogP contribution is 2.33. The summed E-state index contributed by atoms with van der Waals surface area (Å²) in [4.78, 5) is 33.0. The van der Waals surface area contributed by atoms with Gasteiger partial charge in [-0.3, -0.25) is 9.59 Å². The SMILES string of the molecule is Cc1ccccc1C(=O)N(CC(=O)N1CCCN(c2ccc(-c3ccccc3)nn2)CC1)Cc1ccc2c(c1)OCO2. The van der Waals surface area contributed by atoms with Crippen molar-refractivity contribution in [1.29, 1.82) is 0 Å². The van der Waals surface area contributed by atoms with Crippen LogP contribution in [0.1, 0.15) is 27.9 Å². The molecule has 1 aromatic heterocycles. The number of aryl methyl sites for hydroxylation is 1. The zero-order valence-electron chi connectivity index (χ0n) is 23.6. The minimum Gasteiger partial charge on any atom is -0.454 e. The molecule has 9 heteroatoms. The summed E-state index contributed by atoms with van der Waals surface area (Å²) in [5, 5.41) is 8.91. The topological polar surface area (TPSA) is 88.1 Å². The number of aromatic nitrogens is 2. The number of hydrogen-bond donors (Lipinski definition) is 0. The van der Waals surface area contributed by atoms with Gasteiger partial charge in [0.05, 0.1) is 5.69 Å². The summed E-state index contributed by atoms with van der Waals surface area (Å²) in [7, 11) is 0. The number of ether oxygens (including phenoxy) is 2. The number of carbonyl (C=O) groups is 2. The number of benzene rings is 3. The Bertz CT molecular complexity index is 1560. The van der Waals surface area contributed by atoms with Gasteiger partial charge in [0.2, 0.25) is 12.7 Å². The molecule has 0 radical (unpaired) electrons. The van der Waals surface area contributed by atoms with Crippen LogP contribution in [-0.4, -0.2) is 71.3 Å². The van der Waals surface area contributed by atoms with Gasteiger partial charge in [-0.1, -0.05) is 54.6 Å². The van der Waals surface area contributed by atoms with Gasteiger partial charge in [0, 0.05) is 43.9 Å². The predicted octanol–water partition coefficient (Wildman–Crippen LogP) is 4.56. The van der Waals surface area contributed by atoms with E-state index in [9.17, 15) is 9.59 Å². The fraction of sp³-hybridized carbons (Fsp3) is 0.273. The number of fused-ring (bicyclic) bond motifs is 1. The molecule has 3 aromatic carbocycles. The fourth-order valence-corrected chi connectivity index (χ4v) is 5.36. The standard InChI is InChI=1S/C33H33N5O4/c1-24-8-5-6-11-27(24)33(40)38(21-25-12-14-29-30(20-25)42-23-41-29)22-32(39)37-17-7-16-36(18-19-37)31-15-13-28(34-35-31)26-9-3-2-4-10-26/h2-6,8-15,20H,7,16-19,21-23H2,1H3. The van der Waals surface area contributed by atoms with Crippen LogP contribution >= 0.6 is 0 Å². The maximum atomic E-state index is 13.7. The van der Waals surface area contributed by atoms with Crippen molar-refractivity contribution in [2.45, 2.75) is 19.9 Å². The van der Waals surface area contributed by atoms with E-state index in [1.807, 2.05) is 96.8 Å². The van der Waals surface area contributed by atoms with Crippen molar-refractivity contribution in [3.8, 4) is 22.8 Å². The van der Waals surface area contributed by atoms with E-state index in [4.69, 9.17) is 9.47 Å². The first-order valence-electron chi connectivity index (χ1n) is 14.2. The smallest absolute Gasteiger partial charge is 0.254 e. The van der Waals surface area contributed by atoms with Gasteiger partial charge < -0.3 is 24.2 Å². The molecule has 0 spiro atoms. The van der Waals surface area contributed by atoms with Crippen LogP contribution in [0.25, 0.3) is 11.3 Å². The van der Waals surface area contributed by atoms with Gasteiger partial charge in [0.15, 0.2) is 17.3 Å². The Balaban J connectivity index is 1.14. The summed E-state index contributed by atoms with van der Waals surface area (Å²) in [5.41, 5.74) is 4.18. The van der Waals surface area contributed by atoms with Crippen molar-refractivity contribution in [2.24, 2.45) is 0 Å². The van der Waals surface area contributed by atoms with Crippen LogP contribution in [-0.2, 0) is 11.3 Å². The lowest BCUT2D eigenvalue weighted by Crippen LogP contribution is -2.44. The van der Waals surface area contributed by atoms with E-state index in [1.165, 1.54) is 0 Å². The van der Waals surface area contributed by atoms with Crippen LogP contribution in [0.3, 0.4) is 0 Å². The molecule has 214 valence electrons. The van der Waals surface area contributed by atoms with Crippen molar-refractivity contribution in [3.05, 3.63) is 102 Å². The van der Waals surface area contributed by atoms with Gasteiger partial charge in [-0.15, -0.1) is 10.2 Å². The quantitative estimate of drug-likeness (QED) is 0.326. The maximum absolute atomic E-state index is 13.7. The van der Waals surface area contributed by atoms with Crippen LogP contribution in [0, 0.1) is 6.92 Å². The Kier molecular flexibility index (Phi) is 7.98. The molecule has 0 aliphatic carbocycles. The number of hydrogen-bond acceptors (Lipinski definition) is 7. The predicted molar refractivity (Wildman–Crippen MR) is 159 cm³/mol. The lowest BCUT2D eigenvalue weighted by Gasteiger charge is -2.28. The third kappa shape index (κ3) is 6.05. The highest BCUT2D eigenvalue weighted by Gasteiger charge is 2.26. The first kappa shape index (κ1) is 27.3. The molecule has 2 amide bonds.